The molecular formula is C23H25N5O3S2. The first kappa shape index (κ1) is 22.0. The number of carbonyl (C=O) groups is 1. The predicted octanol–water partition coefficient (Wildman–Crippen LogP) is 4.13. The molecule has 1 N–H and O–H groups in total. The topological polar surface area (TPSA) is 90.5 Å². The van der Waals surface area contributed by atoms with Gasteiger partial charge in [-0.15, -0.1) is 21.5 Å². The number of hydrogen-bond acceptors (Lipinski definition) is 7. The van der Waals surface area contributed by atoms with E-state index in [1.165, 1.54) is 22.2 Å². The Bertz CT molecular complexity index is 1390. The molecule has 0 bridgehead atoms. The fourth-order valence-corrected chi connectivity index (χ4v) is 6.45. The van der Waals surface area contributed by atoms with Crippen molar-refractivity contribution < 1.29 is 9.53 Å². The van der Waals surface area contributed by atoms with E-state index in [1.807, 2.05) is 42.5 Å². The van der Waals surface area contributed by atoms with Crippen LogP contribution in [-0.4, -0.2) is 37.4 Å². The SMILES string of the molecule is CCOc1ccc(NC(=O)CSc2nnc3n(CC)c(=O)c4c5c(sc4n23)CCCC5)cc1. The van der Waals surface area contributed by atoms with E-state index in [4.69, 9.17) is 4.74 Å². The van der Waals surface area contributed by atoms with Crippen molar-refractivity contribution in [3.8, 4) is 5.75 Å². The average molecular weight is 484 g/mol. The molecule has 0 unspecified atom stereocenters. The molecule has 10 heteroatoms. The van der Waals surface area contributed by atoms with Gasteiger partial charge in [-0.1, -0.05) is 11.8 Å². The average Bonchev–Trinajstić information content (AvgIpc) is 3.41. The molecule has 3 heterocycles. The Hall–Kier alpha value is -2.85. The van der Waals surface area contributed by atoms with Crippen molar-refractivity contribution in [3.05, 3.63) is 45.1 Å². The van der Waals surface area contributed by atoms with Crippen molar-refractivity contribution in [3.63, 3.8) is 0 Å². The number of fused-ring (bicyclic) bond motifs is 5. The van der Waals surface area contributed by atoms with Crippen molar-refractivity contribution in [1.29, 1.82) is 0 Å². The standard InChI is InChI=1S/C23H25N5O3S2/c1-3-27-20(30)19-16-7-5-6-8-17(16)33-21(19)28-22(27)25-26-23(28)32-13-18(29)24-14-9-11-15(12-10-14)31-4-2/h9-12H,3-8,13H2,1-2H3,(H,24,29). The summed E-state index contributed by atoms with van der Waals surface area (Å²) in [6.07, 6.45) is 4.21. The molecule has 172 valence electrons. The molecule has 0 spiro atoms. The Morgan fingerprint density at radius 3 is 2.73 bits per heavy atom. The summed E-state index contributed by atoms with van der Waals surface area (Å²) in [4.78, 5) is 28.0. The van der Waals surface area contributed by atoms with Gasteiger partial charge in [0.1, 0.15) is 10.6 Å². The van der Waals surface area contributed by atoms with Gasteiger partial charge in [0.2, 0.25) is 11.7 Å². The van der Waals surface area contributed by atoms with Crippen molar-refractivity contribution in [2.75, 3.05) is 17.7 Å². The van der Waals surface area contributed by atoms with E-state index >= 15 is 0 Å². The zero-order valence-electron chi connectivity index (χ0n) is 18.6. The highest BCUT2D eigenvalue weighted by Crippen LogP contribution is 2.36. The second-order valence-corrected chi connectivity index (χ2v) is 9.88. The van der Waals surface area contributed by atoms with Crippen molar-refractivity contribution in [2.24, 2.45) is 0 Å². The fraction of sp³-hybridized carbons (Fsp3) is 0.391. The van der Waals surface area contributed by atoms with Crippen LogP contribution >= 0.6 is 23.1 Å². The van der Waals surface area contributed by atoms with E-state index in [-0.39, 0.29) is 17.2 Å². The van der Waals surface area contributed by atoms with Gasteiger partial charge in [-0.2, -0.15) is 0 Å². The highest BCUT2D eigenvalue weighted by atomic mass is 32.2. The Morgan fingerprint density at radius 1 is 1.18 bits per heavy atom. The van der Waals surface area contributed by atoms with Crippen LogP contribution in [0.4, 0.5) is 5.69 Å². The molecule has 1 amide bonds. The van der Waals surface area contributed by atoms with Crippen LogP contribution in [-0.2, 0) is 24.2 Å². The summed E-state index contributed by atoms with van der Waals surface area (Å²) >= 11 is 2.99. The van der Waals surface area contributed by atoms with Gasteiger partial charge in [0.05, 0.1) is 17.7 Å². The summed E-state index contributed by atoms with van der Waals surface area (Å²) in [5.41, 5.74) is 1.91. The van der Waals surface area contributed by atoms with Crippen molar-refractivity contribution in [2.45, 2.75) is 51.2 Å². The van der Waals surface area contributed by atoms with Crippen LogP contribution in [0.3, 0.4) is 0 Å². The molecule has 1 aliphatic rings. The van der Waals surface area contributed by atoms with Crippen molar-refractivity contribution in [1.82, 2.24) is 19.2 Å². The van der Waals surface area contributed by atoms with Gasteiger partial charge in [-0.05, 0) is 69.4 Å². The Morgan fingerprint density at radius 2 is 1.97 bits per heavy atom. The van der Waals surface area contributed by atoms with Crippen LogP contribution < -0.4 is 15.6 Å². The number of ether oxygens (including phenoxy) is 1. The monoisotopic (exact) mass is 483 g/mol. The summed E-state index contributed by atoms with van der Waals surface area (Å²) in [6.45, 7) is 4.99. The first-order chi connectivity index (χ1) is 16.1. The normalized spacial score (nSPS) is 13.4. The lowest BCUT2D eigenvalue weighted by Gasteiger charge is -2.11. The molecule has 0 atom stereocenters. The van der Waals surface area contributed by atoms with Crippen LogP contribution in [0.5, 0.6) is 5.75 Å². The summed E-state index contributed by atoms with van der Waals surface area (Å²) in [5.74, 6) is 1.35. The number of thioether (sulfide) groups is 1. The van der Waals surface area contributed by atoms with E-state index < -0.39 is 0 Å². The lowest BCUT2D eigenvalue weighted by molar-refractivity contribution is -0.113. The van der Waals surface area contributed by atoms with Crippen LogP contribution in [0.25, 0.3) is 16.0 Å². The van der Waals surface area contributed by atoms with Gasteiger partial charge >= 0.3 is 0 Å². The second kappa shape index (κ2) is 9.18. The third-order valence-electron chi connectivity index (χ3n) is 5.77. The van der Waals surface area contributed by atoms with Crippen LogP contribution in [0.15, 0.2) is 34.2 Å². The molecule has 0 radical (unpaired) electrons. The molecule has 0 fully saturated rings. The zero-order chi connectivity index (χ0) is 22.9. The molecule has 0 saturated carbocycles. The maximum Gasteiger partial charge on any atom is 0.263 e. The van der Waals surface area contributed by atoms with E-state index in [9.17, 15) is 9.59 Å². The fourth-order valence-electron chi connectivity index (χ4n) is 4.28. The van der Waals surface area contributed by atoms with Gasteiger partial charge in [0.15, 0.2) is 5.16 Å². The van der Waals surface area contributed by atoms with Crippen LogP contribution in [0.1, 0.15) is 37.1 Å². The number of thiophene rings is 1. The molecular weight excluding hydrogens is 458 g/mol. The number of nitrogens with zero attached hydrogens (tertiary/aromatic N) is 4. The number of aromatic nitrogens is 4. The number of carbonyl (C=O) groups excluding carboxylic acids is 1. The molecule has 8 nitrogen and oxygen atoms in total. The minimum Gasteiger partial charge on any atom is -0.494 e. The van der Waals surface area contributed by atoms with E-state index in [1.54, 1.807) is 15.9 Å². The van der Waals surface area contributed by atoms with Gasteiger partial charge in [-0.3, -0.25) is 14.2 Å². The second-order valence-electron chi connectivity index (χ2n) is 7.85. The van der Waals surface area contributed by atoms with E-state index in [0.29, 0.717) is 29.8 Å². The number of anilines is 1. The largest absolute Gasteiger partial charge is 0.494 e. The van der Waals surface area contributed by atoms with E-state index in [0.717, 1.165) is 41.6 Å². The minimum atomic E-state index is -0.133. The molecule has 0 aliphatic heterocycles. The first-order valence-electron chi connectivity index (χ1n) is 11.2. The van der Waals surface area contributed by atoms with Crippen LogP contribution in [0.2, 0.25) is 0 Å². The maximum absolute atomic E-state index is 13.3. The highest BCUT2D eigenvalue weighted by Gasteiger charge is 2.24. The van der Waals surface area contributed by atoms with Crippen LogP contribution in [0, 0.1) is 0 Å². The van der Waals surface area contributed by atoms with Crippen molar-refractivity contribution >= 4 is 50.7 Å². The summed E-state index contributed by atoms with van der Waals surface area (Å²) in [7, 11) is 0. The maximum atomic E-state index is 13.3. The molecule has 33 heavy (non-hydrogen) atoms. The van der Waals surface area contributed by atoms with Gasteiger partial charge in [0, 0.05) is 17.1 Å². The molecule has 3 aromatic heterocycles. The van der Waals surface area contributed by atoms with Gasteiger partial charge in [0.25, 0.3) is 5.56 Å². The molecule has 4 aromatic rings. The smallest absolute Gasteiger partial charge is 0.263 e. The quantitative estimate of drug-likeness (QED) is 0.398. The molecule has 0 saturated heterocycles. The van der Waals surface area contributed by atoms with E-state index in [2.05, 4.69) is 15.5 Å². The first-order valence-corrected chi connectivity index (χ1v) is 13.0. The molecule has 1 aromatic carbocycles. The highest BCUT2D eigenvalue weighted by molar-refractivity contribution is 7.99. The summed E-state index contributed by atoms with van der Waals surface area (Å²) in [5, 5.41) is 13.0. The van der Waals surface area contributed by atoms with Gasteiger partial charge in [-0.25, -0.2) is 4.40 Å². The lowest BCUT2D eigenvalue weighted by atomic mass is 9.97. The number of nitrogens with one attached hydrogen (secondary N) is 1. The lowest BCUT2D eigenvalue weighted by Crippen LogP contribution is -2.23. The van der Waals surface area contributed by atoms with Gasteiger partial charge < -0.3 is 10.1 Å². The molecule has 5 rings (SSSR count). The number of aryl methyl sites for hydroxylation is 3. The summed E-state index contributed by atoms with van der Waals surface area (Å²) in [6, 6.07) is 7.30. The Labute approximate surface area is 199 Å². The number of amides is 1. The number of hydrogen-bond donors (Lipinski definition) is 1. The third-order valence-corrected chi connectivity index (χ3v) is 7.98. The summed E-state index contributed by atoms with van der Waals surface area (Å²) < 4.78 is 9.08. The number of rotatable bonds is 7. The Balaban J connectivity index is 1.43. The minimum absolute atomic E-state index is 0.0107. The number of benzene rings is 1. The zero-order valence-corrected chi connectivity index (χ0v) is 20.2. The predicted molar refractivity (Wildman–Crippen MR) is 132 cm³/mol. The Kier molecular flexibility index (Phi) is 6.11. The third kappa shape index (κ3) is 4.02. The molecule has 1 aliphatic carbocycles.